The fraction of sp³-hybridized carbons (Fsp3) is 0.211. The van der Waals surface area contributed by atoms with Gasteiger partial charge in [-0.1, -0.05) is 41.3 Å². The lowest BCUT2D eigenvalue weighted by atomic mass is 10.1. The standard InChI is InChI=1S/C19H18FN3O3S2/c1-25-16-8-7-12(9-17(16)26-2)15(24)10-21-18-22-23-19(28-18)27-11-13-5-3-4-6-14(13)20/h3-9H,10-11H2,1-2H3,(H,21,22). The van der Waals surface area contributed by atoms with Crippen LogP contribution in [0.5, 0.6) is 11.5 Å². The molecule has 0 amide bonds. The van der Waals surface area contributed by atoms with E-state index in [1.807, 2.05) is 0 Å². The van der Waals surface area contributed by atoms with Crippen molar-refractivity contribution >= 4 is 34.0 Å². The Bertz CT molecular complexity index is 965. The summed E-state index contributed by atoms with van der Waals surface area (Å²) in [4.78, 5) is 12.4. The number of aromatic nitrogens is 2. The molecule has 0 bridgehead atoms. The van der Waals surface area contributed by atoms with E-state index in [0.29, 0.717) is 37.8 Å². The lowest BCUT2D eigenvalue weighted by Gasteiger charge is -2.09. The van der Waals surface area contributed by atoms with E-state index in [4.69, 9.17) is 9.47 Å². The van der Waals surface area contributed by atoms with Crippen molar-refractivity contribution in [3.05, 3.63) is 59.4 Å². The molecule has 3 aromatic rings. The highest BCUT2D eigenvalue weighted by Crippen LogP contribution is 2.30. The minimum Gasteiger partial charge on any atom is -0.493 e. The molecule has 0 aliphatic rings. The van der Waals surface area contributed by atoms with Gasteiger partial charge in [-0.05, 0) is 29.8 Å². The molecule has 1 aromatic heterocycles. The fourth-order valence-corrected chi connectivity index (χ4v) is 4.10. The van der Waals surface area contributed by atoms with E-state index < -0.39 is 0 Å². The van der Waals surface area contributed by atoms with Gasteiger partial charge in [-0.2, -0.15) is 0 Å². The number of hydrogen-bond donors (Lipinski definition) is 1. The van der Waals surface area contributed by atoms with Crippen LogP contribution in [0.3, 0.4) is 0 Å². The summed E-state index contributed by atoms with van der Waals surface area (Å²) in [5, 5.41) is 11.6. The average molecular weight is 420 g/mol. The van der Waals surface area contributed by atoms with Gasteiger partial charge >= 0.3 is 0 Å². The van der Waals surface area contributed by atoms with Gasteiger partial charge in [0.25, 0.3) is 0 Å². The fourth-order valence-electron chi connectivity index (χ4n) is 2.36. The molecule has 0 atom stereocenters. The van der Waals surface area contributed by atoms with Gasteiger partial charge in [0.2, 0.25) is 5.13 Å². The zero-order valence-corrected chi connectivity index (χ0v) is 16.9. The van der Waals surface area contributed by atoms with Gasteiger partial charge < -0.3 is 14.8 Å². The summed E-state index contributed by atoms with van der Waals surface area (Å²) >= 11 is 2.72. The lowest BCUT2D eigenvalue weighted by Crippen LogP contribution is -2.14. The molecule has 0 spiro atoms. The van der Waals surface area contributed by atoms with Crippen LogP contribution in [-0.4, -0.2) is 36.7 Å². The molecule has 28 heavy (non-hydrogen) atoms. The number of anilines is 1. The number of carbonyl (C=O) groups excluding carboxylic acids is 1. The number of ether oxygens (including phenoxy) is 2. The molecule has 2 aromatic carbocycles. The smallest absolute Gasteiger partial charge is 0.206 e. The molecular formula is C19H18FN3O3S2. The molecule has 0 aliphatic carbocycles. The Labute approximate surface area is 170 Å². The van der Waals surface area contributed by atoms with E-state index in [2.05, 4.69) is 15.5 Å². The third-order valence-electron chi connectivity index (χ3n) is 3.82. The van der Waals surface area contributed by atoms with Crippen molar-refractivity contribution in [1.82, 2.24) is 10.2 Å². The highest BCUT2D eigenvalue weighted by Gasteiger charge is 2.12. The zero-order chi connectivity index (χ0) is 19.9. The van der Waals surface area contributed by atoms with Crippen LogP contribution in [0.15, 0.2) is 46.8 Å². The SMILES string of the molecule is COc1ccc(C(=O)CNc2nnc(SCc3ccccc3F)s2)cc1OC. The van der Waals surface area contributed by atoms with E-state index >= 15 is 0 Å². The normalized spacial score (nSPS) is 10.5. The summed E-state index contributed by atoms with van der Waals surface area (Å²) in [5.41, 5.74) is 1.12. The van der Waals surface area contributed by atoms with E-state index in [0.717, 1.165) is 0 Å². The Hall–Kier alpha value is -2.65. The number of rotatable bonds is 9. The second-order valence-electron chi connectivity index (χ2n) is 5.60. The maximum atomic E-state index is 13.7. The number of nitrogens with zero attached hydrogens (tertiary/aromatic N) is 2. The van der Waals surface area contributed by atoms with Crippen molar-refractivity contribution < 1.29 is 18.7 Å². The summed E-state index contributed by atoms with van der Waals surface area (Å²) in [7, 11) is 3.06. The number of methoxy groups -OCH3 is 2. The first kappa shape index (κ1) is 20.1. The monoisotopic (exact) mass is 419 g/mol. The predicted molar refractivity (Wildman–Crippen MR) is 108 cm³/mol. The Morgan fingerprint density at radius 3 is 2.68 bits per heavy atom. The molecular weight excluding hydrogens is 401 g/mol. The summed E-state index contributed by atoms with van der Waals surface area (Å²) in [5.74, 6) is 1.17. The molecule has 0 fully saturated rings. The average Bonchev–Trinajstić information content (AvgIpc) is 3.18. The van der Waals surface area contributed by atoms with Crippen LogP contribution in [0.2, 0.25) is 0 Å². The van der Waals surface area contributed by atoms with Crippen molar-refractivity contribution in [2.75, 3.05) is 26.1 Å². The number of nitrogens with one attached hydrogen (secondary N) is 1. The molecule has 0 saturated carbocycles. The molecule has 146 valence electrons. The van der Waals surface area contributed by atoms with Crippen molar-refractivity contribution in [2.24, 2.45) is 0 Å². The molecule has 0 aliphatic heterocycles. The third-order valence-corrected chi connectivity index (χ3v) is 5.88. The first-order valence-electron chi connectivity index (χ1n) is 8.29. The molecule has 6 nitrogen and oxygen atoms in total. The van der Waals surface area contributed by atoms with E-state index in [-0.39, 0.29) is 18.1 Å². The molecule has 0 unspecified atom stereocenters. The van der Waals surface area contributed by atoms with Crippen LogP contribution in [0.4, 0.5) is 9.52 Å². The van der Waals surface area contributed by atoms with Crippen molar-refractivity contribution in [3.8, 4) is 11.5 Å². The van der Waals surface area contributed by atoms with Gasteiger partial charge in [-0.25, -0.2) is 4.39 Å². The van der Waals surface area contributed by atoms with Gasteiger partial charge in [-0.3, -0.25) is 4.79 Å². The molecule has 1 N–H and O–H groups in total. The highest BCUT2D eigenvalue weighted by atomic mass is 32.2. The molecule has 3 rings (SSSR count). The number of Topliss-reactive ketones (excluding diaryl/α,β-unsaturated/α-hetero) is 1. The Morgan fingerprint density at radius 1 is 1.14 bits per heavy atom. The number of halogens is 1. The van der Waals surface area contributed by atoms with E-state index in [1.54, 1.807) is 36.4 Å². The number of carbonyl (C=O) groups is 1. The van der Waals surface area contributed by atoms with Crippen LogP contribution in [0.1, 0.15) is 15.9 Å². The van der Waals surface area contributed by atoms with Gasteiger partial charge in [0.15, 0.2) is 21.6 Å². The van der Waals surface area contributed by atoms with Crippen LogP contribution < -0.4 is 14.8 Å². The summed E-state index contributed by atoms with van der Waals surface area (Å²) < 4.78 is 24.7. The van der Waals surface area contributed by atoms with Crippen LogP contribution in [-0.2, 0) is 5.75 Å². The van der Waals surface area contributed by atoms with Gasteiger partial charge in [-0.15, -0.1) is 10.2 Å². The molecule has 0 radical (unpaired) electrons. The predicted octanol–water partition coefficient (Wildman–Crippen LogP) is 4.28. The lowest BCUT2D eigenvalue weighted by molar-refractivity contribution is 0.101. The third kappa shape index (κ3) is 4.99. The number of hydrogen-bond acceptors (Lipinski definition) is 8. The van der Waals surface area contributed by atoms with Crippen molar-refractivity contribution in [1.29, 1.82) is 0 Å². The number of ketones is 1. The van der Waals surface area contributed by atoms with Gasteiger partial charge in [0.1, 0.15) is 5.82 Å². The largest absolute Gasteiger partial charge is 0.493 e. The van der Waals surface area contributed by atoms with Crippen LogP contribution in [0, 0.1) is 5.82 Å². The van der Waals surface area contributed by atoms with Crippen LogP contribution in [0.25, 0.3) is 0 Å². The Balaban J connectivity index is 1.55. The second kappa shape index (κ2) is 9.52. The Kier molecular flexibility index (Phi) is 6.83. The number of benzene rings is 2. The molecule has 9 heteroatoms. The van der Waals surface area contributed by atoms with Gasteiger partial charge in [0, 0.05) is 11.3 Å². The minimum absolute atomic E-state index is 0.0715. The quantitative estimate of drug-likeness (QED) is 0.410. The van der Waals surface area contributed by atoms with Crippen molar-refractivity contribution in [3.63, 3.8) is 0 Å². The molecule has 1 heterocycles. The summed E-state index contributed by atoms with van der Waals surface area (Å²) in [6, 6.07) is 11.6. The summed E-state index contributed by atoms with van der Waals surface area (Å²) in [6.45, 7) is 0.0715. The maximum Gasteiger partial charge on any atom is 0.206 e. The van der Waals surface area contributed by atoms with E-state index in [1.165, 1.54) is 43.4 Å². The first-order chi connectivity index (χ1) is 13.6. The summed E-state index contributed by atoms with van der Waals surface area (Å²) in [6.07, 6.45) is 0. The molecule has 0 saturated heterocycles. The second-order valence-corrected chi connectivity index (χ2v) is 7.80. The topological polar surface area (TPSA) is 73.3 Å². The minimum atomic E-state index is -0.238. The first-order valence-corrected chi connectivity index (χ1v) is 10.1. The Morgan fingerprint density at radius 2 is 1.93 bits per heavy atom. The highest BCUT2D eigenvalue weighted by molar-refractivity contribution is 8.00. The maximum absolute atomic E-state index is 13.7. The van der Waals surface area contributed by atoms with E-state index in [9.17, 15) is 9.18 Å². The zero-order valence-electron chi connectivity index (χ0n) is 15.3. The van der Waals surface area contributed by atoms with Crippen molar-refractivity contribution in [2.45, 2.75) is 10.1 Å². The number of thioether (sulfide) groups is 1. The van der Waals surface area contributed by atoms with Gasteiger partial charge in [0.05, 0.1) is 20.8 Å². The van der Waals surface area contributed by atoms with Crippen LogP contribution >= 0.6 is 23.1 Å².